The van der Waals surface area contributed by atoms with Gasteiger partial charge in [0.05, 0.1) is 10.9 Å². The standard InChI is InChI=1S/C22H23S/c1-16-10-17(2)13-21(12-16)23(20-8-6-5-7-9-20)22-14-18(3)11-19(4)15-22/h5-15H,1-4H3/q+1. The zero-order chi connectivity index (χ0) is 16.4. The second kappa shape index (κ2) is 6.64. The third-order valence-corrected chi connectivity index (χ3v) is 6.00. The first-order chi connectivity index (χ1) is 11.0. The highest BCUT2D eigenvalue weighted by Gasteiger charge is 2.29. The summed E-state index contributed by atoms with van der Waals surface area (Å²) < 4.78 is 0. The third-order valence-electron chi connectivity index (χ3n) is 3.84. The SMILES string of the molecule is Cc1cc(C)cc([S+](c2ccccc2)c2cc(C)cc(C)c2)c1. The Hall–Kier alpha value is -1.99. The van der Waals surface area contributed by atoms with Gasteiger partial charge in [0.25, 0.3) is 0 Å². The lowest BCUT2D eigenvalue weighted by atomic mass is 10.2. The molecule has 0 aliphatic heterocycles. The molecule has 3 rings (SSSR count). The number of hydrogen-bond acceptors (Lipinski definition) is 0. The molecule has 0 bridgehead atoms. The largest absolute Gasteiger partial charge is 0.167 e. The van der Waals surface area contributed by atoms with Crippen molar-refractivity contribution in [2.24, 2.45) is 0 Å². The maximum Gasteiger partial charge on any atom is 0.167 e. The molecule has 3 aromatic carbocycles. The fourth-order valence-corrected chi connectivity index (χ4v) is 5.53. The molecule has 0 unspecified atom stereocenters. The lowest BCUT2D eigenvalue weighted by Gasteiger charge is -2.11. The van der Waals surface area contributed by atoms with Gasteiger partial charge < -0.3 is 0 Å². The van der Waals surface area contributed by atoms with Crippen molar-refractivity contribution in [2.45, 2.75) is 42.4 Å². The average molecular weight is 319 g/mol. The smallest absolute Gasteiger partial charge is 0.0619 e. The minimum Gasteiger partial charge on any atom is -0.0619 e. The molecule has 23 heavy (non-hydrogen) atoms. The maximum absolute atomic E-state index is 2.33. The first kappa shape index (κ1) is 15.9. The van der Waals surface area contributed by atoms with Crippen LogP contribution in [0.25, 0.3) is 0 Å². The van der Waals surface area contributed by atoms with Crippen molar-refractivity contribution >= 4 is 10.9 Å². The van der Waals surface area contributed by atoms with E-state index in [1.54, 1.807) is 0 Å². The number of benzene rings is 3. The Morgan fingerprint density at radius 2 is 0.870 bits per heavy atom. The first-order valence-electron chi connectivity index (χ1n) is 7.99. The summed E-state index contributed by atoms with van der Waals surface area (Å²) in [6.45, 7) is 8.74. The zero-order valence-corrected chi connectivity index (χ0v) is 15.1. The van der Waals surface area contributed by atoms with E-state index < -0.39 is 0 Å². The van der Waals surface area contributed by atoms with Crippen LogP contribution in [0.5, 0.6) is 0 Å². The van der Waals surface area contributed by atoms with Gasteiger partial charge in [-0.1, -0.05) is 30.3 Å². The van der Waals surface area contributed by atoms with Crippen LogP contribution in [0.3, 0.4) is 0 Å². The Balaban J connectivity index is 2.22. The molecule has 0 aromatic heterocycles. The van der Waals surface area contributed by atoms with Crippen LogP contribution in [-0.4, -0.2) is 0 Å². The zero-order valence-electron chi connectivity index (χ0n) is 14.3. The highest BCUT2D eigenvalue weighted by Crippen LogP contribution is 2.33. The molecule has 3 aromatic rings. The molecule has 0 aliphatic rings. The molecule has 0 spiro atoms. The van der Waals surface area contributed by atoms with Crippen molar-refractivity contribution in [2.75, 3.05) is 0 Å². The molecule has 0 fully saturated rings. The van der Waals surface area contributed by atoms with Crippen LogP contribution in [0.1, 0.15) is 22.3 Å². The van der Waals surface area contributed by atoms with E-state index in [0.29, 0.717) is 0 Å². The van der Waals surface area contributed by atoms with Crippen LogP contribution in [0.2, 0.25) is 0 Å². The van der Waals surface area contributed by atoms with Gasteiger partial charge in [-0.15, -0.1) is 0 Å². The Bertz CT molecular complexity index is 727. The number of rotatable bonds is 3. The second-order valence-electron chi connectivity index (χ2n) is 6.27. The fourth-order valence-electron chi connectivity index (χ4n) is 3.07. The first-order valence-corrected chi connectivity index (χ1v) is 9.21. The van der Waals surface area contributed by atoms with Gasteiger partial charge >= 0.3 is 0 Å². The van der Waals surface area contributed by atoms with E-state index in [1.807, 2.05) is 0 Å². The van der Waals surface area contributed by atoms with E-state index in [4.69, 9.17) is 0 Å². The Morgan fingerprint density at radius 1 is 0.478 bits per heavy atom. The average Bonchev–Trinajstić information content (AvgIpc) is 2.46. The highest BCUT2D eigenvalue weighted by atomic mass is 32.2. The molecule has 0 atom stereocenters. The van der Waals surface area contributed by atoms with Gasteiger partial charge in [0.1, 0.15) is 0 Å². The summed E-state index contributed by atoms with van der Waals surface area (Å²) in [5.74, 6) is 0. The van der Waals surface area contributed by atoms with E-state index in [2.05, 4.69) is 94.4 Å². The van der Waals surface area contributed by atoms with E-state index in [-0.39, 0.29) is 10.9 Å². The maximum atomic E-state index is 2.33. The van der Waals surface area contributed by atoms with E-state index in [1.165, 1.54) is 36.9 Å². The molecule has 0 N–H and O–H groups in total. The minimum absolute atomic E-state index is 0.0557. The van der Waals surface area contributed by atoms with Crippen LogP contribution in [0.4, 0.5) is 0 Å². The fraction of sp³-hybridized carbons (Fsp3) is 0.182. The van der Waals surface area contributed by atoms with Crippen LogP contribution >= 0.6 is 0 Å². The molecule has 0 radical (unpaired) electrons. The third kappa shape index (κ3) is 3.68. The summed E-state index contributed by atoms with van der Waals surface area (Å²) in [6.07, 6.45) is 0. The van der Waals surface area contributed by atoms with Gasteiger partial charge in [0, 0.05) is 0 Å². The van der Waals surface area contributed by atoms with Gasteiger partial charge in [-0.25, -0.2) is 0 Å². The van der Waals surface area contributed by atoms with Gasteiger partial charge in [-0.2, -0.15) is 0 Å². The normalized spacial score (nSPS) is 11.0. The Kier molecular flexibility index (Phi) is 4.58. The summed E-state index contributed by atoms with van der Waals surface area (Å²) in [7, 11) is -0.0557. The second-order valence-corrected chi connectivity index (χ2v) is 8.29. The summed E-state index contributed by atoms with van der Waals surface area (Å²) in [5.41, 5.74) is 5.33. The van der Waals surface area contributed by atoms with E-state index in [9.17, 15) is 0 Å². The molecule has 0 nitrogen and oxygen atoms in total. The van der Waals surface area contributed by atoms with Crippen molar-refractivity contribution < 1.29 is 0 Å². The van der Waals surface area contributed by atoms with Gasteiger partial charge in [0.15, 0.2) is 14.7 Å². The van der Waals surface area contributed by atoms with E-state index in [0.717, 1.165) is 0 Å². The topological polar surface area (TPSA) is 0 Å². The molecule has 0 saturated carbocycles. The molecule has 0 heterocycles. The molecule has 1 heteroatoms. The molecular weight excluding hydrogens is 296 g/mol. The van der Waals surface area contributed by atoms with Gasteiger partial charge in [-0.05, 0) is 86.3 Å². The summed E-state index contributed by atoms with van der Waals surface area (Å²) in [4.78, 5) is 4.18. The molecular formula is C22H23S+. The van der Waals surface area contributed by atoms with E-state index >= 15 is 0 Å². The van der Waals surface area contributed by atoms with Crippen LogP contribution in [0.15, 0.2) is 81.4 Å². The molecule has 116 valence electrons. The number of aryl methyl sites for hydroxylation is 4. The molecule has 0 amide bonds. The summed E-state index contributed by atoms with van der Waals surface area (Å²) in [6, 6.07) is 24.7. The van der Waals surface area contributed by atoms with Crippen molar-refractivity contribution in [3.63, 3.8) is 0 Å². The Labute approximate surface area is 142 Å². The molecule has 0 saturated heterocycles. The predicted octanol–water partition coefficient (Wildman–Crippen LogP) is 6.02. The quantitative estimate of drug-likeness (QED) is 0.518. The summed E-state index contributed by atoms with van der Waals surface area (Å²) >= 11 is 0. The molecule has 0 aliphatic carbocycles. The van der Waals surface area contributed by atoms with Crippen molar-refractivity contribution in [3.8, 4) is 0 Å². The lowest BCUT2D eigenvalue weighted by molar-refractivity contribution is 1.23. The van der Waals surface area contributed by atoms with Crippen LogP contribution in [0, 0.1) is 27.7 Å². The summed E-state index contributed by atoms with van der Waals surface area (Å²) in [5, 5.41) is 0. The van der Waals surface area contributed by atoms with Crippen molar-refractivity contribution in [1.82, 2.24) is 0 Å². The minimum atomic E-state index is -0.0557. The highest BCUT2D eigenvalue weighted by molar-refractivity contribution is 7.97. The van der Waals surface area contributed by atoms with Crippen molar-refractivity contribution in [3.05, 3.63) is 89.0 Å². The van der Waals surface area contributed by atoms with Crippen LogP contribution < -0.4 is 0 Å². The predicted molar refractivity (Wildman–Crippen MR) is 100 cm³/mol. The monoisotopic (exact) mass is 319 g/mol. The van der Waals surface area contributed by atoms with Crippen LogP contribution in [-0.2, 0) is 10.9 Å². The van der Waals surface area contributed by atoms with Crippen molar-refractivity contribution in [1.29, 1.82) is 0 Å². The number of hydrogen-bond donors (Lipinski definition) is 0. The lowest BCUT2D eigenvalue weighted by Crippen LogP contribution is -2.06. The van der Waals surface area contributed by atoms with Gasteiger partial charge in [0.2, 0.25) is 0 Å². The van der Waals surface area contributed by atoms with Gasteiger partial charge in [-0.3, -0.25) is 0 Å². The Morgan fingerprint density at radius 3 is 1.26 bits per heavy atom.